The fourth-order valence-corrected chi connectivity index (χ4v) is 4.84. The molecule has 202 valence electrons. The molecule has 0 spiro atoms. The highest BCUT2D eigenvalue weighted by molar-refractivity contribution is 9.10. The molecule has 0 radical (unpaired) electrons. The van der Waals surface area contributed by atoms with Crippen LogP contribution >= 0.6 is 15.9 Å². The van der Waals surface area contributed by atoms with Gasteiger partial charge >= 0.3 is 12.0 Å². The van der Waals surface area contributed by atoms with Gasteiger partial charge in [-0.15, -0.1) is 0 Å². The second-order valence-electron chi connectivity index (χ2n) is 9.14. The molecule has 3 aromatic carbocycles. The molecule has 0 bridgehead atoms. The van der Waals surface area contributed by atoms with Gasteiger partial charge < -0.3 is 15.0 Å². The lowest BCUT2D eigenvalue weighted by atomic mass is 10.1. The van der Waals surface area contributed by atoms with Crippen LogP contribution in [0.25, 0.3) is 10.9 Å². The van der Waals surface area contributed by atoms with Crippen molar-refractivity contribution in [3.05, 3.63) is 105 Å². The van der Waals surface area contributed by atoms with Gasteiger partial charge in [-0.25, -0.2) is 9.78 Å². The number of nitrogens with one attached hydrogen (secondary N) is 1. The van der Waals surface area contributed by atoms with E-state index in [0.29, 0.717) is 41.8 Å². The van der Waals surface area contributed by atoms with Crippen LogP contribution in [0.5, 0.6) is 0 Å². The van der Waals surface area contributed by atoms with Gasteiger partial charge in [-0.2, -0.15) is 0 Å². The van der Waals surface area contributed by atoms with Gasteiger partial charge in [-0.05, 0) is 65.5 Å². The summed E-state index contributed by atoms with van der Waals surface area (Å²) in [5.41, 5.74) is 2.08. The highest BCUT2D eigenvalue weighted by Gasteiger charge is 2.27. The van der Waals surface area contributed by atoms with Crippen LogP contribution in [0.2, 0.25) is 0 Å². The molecule has 0 saturated carbocycles. The molecule has 1 heterocycles. The molecule has 1 unspecified atom stereocenters. The number of hydrogen-bond donors (Lipinski definition) is 1. The number of esters is 1. The maximum absolute atomic E-state index is 13.7. The molecule has 0 saturated heterocycles. The molecular weight excluding hydrogens is 560 g/mol. The topological polar surface area (TPSA) is 93.5 Å². The van der Waals surface area contributed by atoms with Gasteiger partial charge in [0.2, 0.25) is 0 Å². The van der Waals surface area contributed by atoms with Crippen molar-refractivity contribution in [2.45, 2.75) is 38.8 Å². The number of carbonyl (C=O) groups is 2. The van der Waals surface area contributed by atoms with Gasteiger partial charge in [0.15, 0.2) is 0 Å². The molecule has 0 aliphatic heterocycles. The van der Waals surface area contributed by atoms with Crippen molar-refractivity contribution < 1.29 is 14.3 Å². The smallest absolute Gasteiger partial charge is 0.322 e. The van der Waals surface area contributed by atoms with Crippen molar-refractivity contribution in [2.24, 2.45) is 0 Å². The number of benzene rings is 3. The number of fused-ring (bicyclic) bond motifs is 1. The van der Waals surface area contributed by atoms with Gasteiger partial charge in [0.1, 0.15) is 5.82 Å². The summed E-state index contributed by atoms with van der Waals surface area (Å²) >= 11 is 3.50. The van der Waals surface area contributed by atoms with Crippen molar-refractivity contribution in [3.63, 3.8) is 0 Å². The second-order valence-corrected chi connectivity index (χ2v) is 9.99. The largest absolute Gasteiger partial charge is 0.469 e. The summed E-state index contributed by atoms with van der Waals surface area (Å²) in [6.45, 7) is 2.54. The monoisotopic (exact) mass is 590 g/mol. The van der Waals surface area contributed by atoms with Crippen LogP contribution in [0.3, 0.4) is 0 Å². The van der Waals surface area contributed by atoms with E-state index in [-0.39, 0.29) is 30.5 Å². The number of nitrogens with zero attached hydrogens (tertiary/aromatic N) is 3. The van der Waals surface area contributed by atoms with E-state index in [9.17, 15) is 14.4 Å². The Morgan fingerprint density at radius 2 is 1.72 bits per heavy atom. The second kappa shape index (κ2) is 13.2. The lowest BCUT2D eigenvalue weighted by Crippen LogP contribution is -2.41. The quantitative estimate of drug-likeness (QED) is 0.230. The van der Waals surface area contributed by atoms with E-state index in [0.717, 1.165) is 10.0 Å². The van der Waals surface area contributed by atoms with Crippen molar-refractivity contribution in [3.8, 4) is 0 Å². The van der Waals surface area contributed by atoms with E-state index < -0.39 is 6.04 Å². The Hall–Kier alpha value is -3.98. The normalized spacial score (nSPS) is 11.7. The molecule has 0 aliphatic rings. The molecule has 8 nitrogen and oxygen atoms in total. The van der Waals surface area contributed by atoms with Crippen LogP contribution in [-0.2, 0) is 22.5 Å². The standard InChI is InChI=1S/C30H31BrN4O4/c1-21(28-32-25-15-8-6-13-23(25)29(37)35(28)19-10-17-27(36)39-2)34(20-18-22-11-4-3-5-12-22)30(38)33-26-16-9-7-14-24(26)31/h3-9,11-16,21H,10,17-20H2,1-2H3,(H,33,38). The molecule has 1 N–H and O–H groups in total. The zero-order valence-electron chi connectivity index (χ0n) is 22.0. The molecule has 9 heteroatoms. The van der Waals surface area contributed by atoms with E-state index in [4.69, 9.17) is 9.72 Å². The summed E-state index contributed by atoms with van der Waals surface area (Å²) in [4.78, 5) is 45.6. The van der Waals surface area contributed by atoms with E-state index >= 15 is 0 Å². The van der Waals surface area contributed by atoms with Gasteiger partial charge in [0.05, 0.1) is 29.7 Å². The number of amides is 2. The minimum atomic E-state index is -0.549. The first-order valence-corrected chi connectivity index (χ1v) is 13.6. The molecule has 1 aromatic heterocycles. The number of rotatable bonds is 10. The maximum Gasteiger partial charge on any atom is 0.322 e. The van der Waals surface area contributed by atoms with E-state index in [1.165, 1.54) is 7.11 Å². The van der Waals surface area contributed by atoms with Crippen molar-refractivity contribution in [1.29, 1.82) is 0 Å². The highest BCUT2D eigenvalue weighted by atomic mass is 79.9. The predicted octanol–water partition coefficient (Wildman–Crippen LogP) is 5.95. The third-order valence-electron chi connectivity index (χ3n) is 6.58. The zero-order valence-corrected chi connectivity index (χ0v) is 23.6. The van der Waals surface area contributed by atoms with Crippen LogP contribution < -0.4 is 10.9 Å². The number of hydrogen-bond acceptors (Lipinski definition) is 5. The number of ether oxygens (including phenoxy) is 1. The highest BCUT2D eigenvalue weighted by Crippen LogP contribution is 2.25. The van der Waals surface area contributed by atoms with Gasteiger partial charge in [0, 0.05) is 24.0 Å². The molecule has 1 atom stereocenters. The number of halogens is 1. The Morgan fingerprint density at radius 3 is 2.46 bits per heavy atom. The number of para-hydroxylation sites is 2. The molecule has 39 heavy (non-hydrogen) atoms. The van der Waals surface area contributed by atoms with E-state index in [2.05, 4.69) is 21.2 Å². The molecule has 2 amide bonds. The SMILES string of the molecule is COC(=O)CCCn1c(C(C)N(CCc2ccccc2)C(=O)Nc2ccccc2Br)nc2ccccc2c1=O. The zero-order chi connectivity index (χ0) is 27.8. The molecule has 4 aromatic rings. The first-order valence-electron chi connectivity index (χ1n) is 12.8. The minimum absolute atomic E-state index is 0.170. The number of urea groups is 1. The Bertz CT molecular complexity index is 1510. The fourth-order valence-electron chi connectivity index (χ4n) is 4.46. The van der Waals surface area contributed by atoms with Crippen molar-refractivity contribution in [2.75, 3.05) is 19.0 Å². The van der Waals surface area contributed by atoms with Crippen LogP contribution in [0, 0.1) is 0 Å². The van der Waals surface area contributed by atoms with E-state index in [1.54, 1.807) is 27.7 Å². The molecule has 4 rings (SSSR count). The number of aromatic nitrogens is 2. The summed E-state index contributed by atoms with van der Waals surface area (Å²) in [6.07, 6.45) is 1.19. The van der Waals surface area contributed by atoms with Gasteiger partial charge in [0.25, 0.3) is 5.56 Å². The van der Waals surface area contributed by atoms with Crippen LogP contribution in [0.1, 0.15) is 37.2 Å². The Morgan fingerprint density at radius 1 is 1.03 bits per heavy atom. The van der Waals surface area contributed by atoms with Crippen LogP contribution in [-0.4, -0.2) is 40.1 Å². The summed E-state index contributed by atoms with van der Waals surface area (Å²) in [6, 6.07) is 23.6. The average Bonchev–Trinajstić information content (AvgIpc) is 2.95. The first-order chi connectivity index (χ1) is 18.9. The molecular formula is C30H31BrN4O4. The Kier molecular flexibility index (Phi) is 9.49. The van der Waals surface area contributed by atoms with Crippen LogP contribution in [0.4, 0.5) is 10.5 Å². The lowest BCUT2D eigenvalue weighted by molar-refractivity contribution is -0.140. The molecule has 0 aliphatic carbocycles. The summed E-state index contributed by atoms with van der Waals surface area (Å²) in [5.74, 6) is 0.114. The summed E-state index contributed by atoms with van der Waals surface area (Å²) < 4.78 is 7.11. The van der Waals surface area contributed by atoms with Gasteiger partial charge in [-0.3, -0.25) is 14.2 Å². The summed E-state index contributed by atoms with van der Waals surface area (Å²) in [5, 5.41) is 3.48. The summed E-state index contributed by atoms with van der Waals surface area (Å²) in [7, 11) is 1.34. The van der Waals surface area contributed by atoms with Crippen molar-refractivity contribution in [1.82, 2.24) is 14.5 Å². The fraction of sp³-hybridized carbons (Fsp3) is 0.267. The maximum atomic E-state index is 13.7. The Labute approximate surface area is 235 Å². The lowest BCUT2D eigenvalue weighted by Gasteiger charge is -2.31. The number of methoxy groups -OCH3 is 1. The average molecular weight is 592 g/mol. The minimum Gasteiger partial charge on any atom is -0.469 e. The van der Waals surface area contributed by atoms with Crippen LogP contribution in [0.15, 0.2) is 88.1 Å². The van der Waals surface area contributed by atoms with E-state index in [1.807, 2.05) is 67.6 Å². The first kappa shape index (κ1) is 28.0. The number of anilines is 1. The third kappa shape index (κ3) is 6.92. The third-order valence-corrected chi connectivity index (χ3v) is 7.27. The predicted molar refractivity (Wildman–Crippen MR) is 156 cm³/mol. The van der Waals surface area contributed by atoms with Gasteiger partial charge in [-0.1, -0.05) is 54.6 Å². The van der Waals surface area contributed by atoms with Crippen molar-refractivity contribution >= 4 is 44.5 Å². The Balaban J connectivity index is 1.72. The number of carbonyl (C=O) groups excluding carboxylic acids is 2. The molecule has 0 fully saturated rings.